The summed E-state index contributed by atoms with van der Waals surface area (Å²) in [5, 5.41) is 0.990. The van der Waals surface area contributed by atoms with Gasteiger partial charge < -0.3 is 10.5 Å². The number of benzene rings is 2. The number of hydrogen-bond acceptors (Lipinski definition) is 2. The average Bonchev–Trinajstić information content (AvgIpc) is 2.42. The first-order chi connectivity index (χ1) is 9.54. The lowest BCUT2D eigenvalue weighted by atomic mass is 9.99. The van der Waals surface area contributed by atoms with E-state index in [2.05, 4.69) is 15.9 Å². The van der Waals surface area contributed by atoms with Gasteiger partial charge >= 0.3 is 0 Å². The average molecular weight is 375 g/mol. The van der Waals surface area contributed by atoms with Crippen LogP contribution in [0.15, 0.2) is 40.9 Å². The van der Waals surface area contributed by atoms with Gasteiger partial charge in [0.05, 0.1) is 22.7 Å². The Kier molecular flexibility index (Phi) is 5.33. The maximum Gasteiger partial charge on any atom is 0.120 e. The van der Waals surface area contributed by atoms with Crippen molar-refractivity contribution < 1.29 is 4.74 Å². The molecule has 0 heterocycles. The van der Waals surface area contributed by atoms with E-state index in [0.29, 0.717) is 16.7 Å². The van der Waals surface area contributed by atoms with E-state index >= 15 is 0 Å². The maximum absolute atomic E-state index is 6.30. The van der Waals surface area contributed by atoms with Crippen LogP contribution >= 0.6 is 39.1 Å². The van der Waals surface area contributed by atoms with Gasteiger partial charge in [0.15, 0.2) is 0 Å². The molecule has 0 saturated heterocycles. The second-order valence-corrected chi connectivity index (χ2v) is 5.88. The Hall–Kier alpha value is -0.740. The predicted octanol–water partition coefficient (Wildman–Crippen LogP) is 5.20. The molecule has 2 aromatic rings. The molecule has 20 heavy (non-hydrogen) atoms. The van der Waals surface area contributed by atoms with Crippen molar-refractivity contribution in [3.63, 3.8) is 0 Å². The van der Waals surface area contributed by atoms with E-state index in [9.17, 15) is 0 Å². The molecule has 1 unspecified atom stereocenters. The van der Waals surface area contributed by atoms with Crippen molar-refractivity contribution in [1.29, 1.82) is 0 Å². The third-order valence-corrected chi connectivity index (χ3v) is 4.45. The first-order valence-electron chi connectivity index (χ1n) is 6.16. The van der Waals surface area contributed by atoms with Gasteiger partial charge in [0.2, 0.25) is 0 Å². The fraction of sp³-hybridized carbons (Fsp3) is 0.200. The van der Waals surface area contributed by atoms with E-state index in [1.165, 1.54) is 0 Å². The minimum absolute atomic E-state index is 0.355. The van der Waals surface area contributed by atoms with Crippen LogP contribution in [0.5, 0.6) is 5.75 Å². The zero-order chi connectivity index (χ0) is 14.7. The van der Waals surface area contributed by atoms with Crippen LogP contribution in [-0.2, 0) is 0 Å². The van der Waals surface area contributed by atoms with Gasteiger partial charge in [-0.15, -0.1) is 0 Å². The number of ether oxygens (including phenoxy) is 1. The number of nitrogens with two attached hydrogens (primary N) is 1. The molecule has 2 aromatic carbocycles. The van der Waals surface area contributed by atoms with Crippen molar-refractivity contribution >= 4 is 39.1 Å². The molecule has 0 aromatic heterocycles. The number of hydrogen-bond donors (Lipinski definition) is 1. The van der Waals surface area contributed by atoms with Gasteiger partial charge in [-0.1, -0.05) is 57.3 Å². The maximum atomic E-state index is 6.30. The number of rotatable bonds is 4. The molecule has 0 bridgehead atoms. The minimum Gasteiger partial charge on any atom is -0.494 e. The Morgan fingerprint density at radius 1 is 1.20 bits per heavy atom. The Labute approximate surface area is 137 Å². The van der Waals surface area contributed by atoms with Crippen molar-refractivity contribution in [3.8, 4) is 5.75 Å². The van der Waals surface area contributed by atoms with Gasteiger partial charge in [0, 0.05) is 4.47 Å². The van der Waals surface area contributed by atoms with Crippen molar-refractivity contribution in [1.82, 2.24) is 0 Å². The van der Waals surface area contributed by atoms with E-state index in [0.717, 1.165) is 21.3 Å². The summed E-state index contributed by atoms with van der Waals surface area (Å²) in [6.07, 6.45) is 0. The van der Waals surface area contributed by atoms with Gasteiger partial charge in [-0.05, 0) is 36.2 Å². The third-order valence-electron chi connectivity index (χ3n) is 2.93. The van der Waals surface area contributed by atoms with E-state index in [4.69, 9.17) is 33.7 Å². The third kappa shape index (κ3) is 3.29. The molecule has 0 amide bonds. The smallest absolute Gasteiger partial charge is 0.120 e. The van der Waals surface area contributed by atoms with Crippen LogP contribution in [-0.4, -0.2) is 6.61 Å². The molecule has 0 radical (unpaired) electrons. The topological polar surface area (TPSA) is 35.2 Å². The summed E-state index contributed by atoms with van der Waals surface area (Å²) in [6, 6.07) is 10.8. The highest BCUT2D eigenvalue weighted by atomic mass is 79.9. The molecule has 5 heteroatoms. The van der Waals surface area contributed by atoms with Crippen LogP contribution in [0, 0.1) is 0 Å². The van der Waals surface area contributed by atoms with Crippen LogP contribution in [0.3, 0.4) is 0 Å². The summed E-state index contributed by atoms with van der Waals surface area (Å²) in [7, 11) is 0. The Morgan fingerprint density at radius 3 is 2.60 bits per heavy atom. The van der Waals surface area contributed by atoms with Crippen LogP contribution in [0.1, 0.15) is 24.1 Å². The summed E-state index contributed by atoms with van der Waals surface area (Å²) in [6.45, 7) is 2.57. The predicted molar refractivity (Wildman–Crippen MR) is 87.8 cm³/mol. The number of halogens is 3. The van der Waals surface area contributed by atoms with Gasteiger partial charge in [0.25, 0.3) is 0 Å². The first-order valence-corrected chi connectivity index (χ1v) is 7.71. The van der Waals surface area contributed by atoms with E-state index in [1.54, 1.807) is 6.07 Å². The SMILES string of the molecule is CCOc1ccc(C(N)c2cccc(Cl)c2Cl)c(Br)c1. The highest BCUT2D eigenvalue weighted by Gasteiger charge is 2.17. The molecule has 2 nitrogen and oxygen atoms in total. The molecule has 0 aliphatic carbocycles. The lowest BCUT2D eigenvalue weighted by molar-refractivity contribution is 0.340. The molecule has 0 fully saturated rings. The summed E-state index contributed by atoms with van der Waals surface area (Å²) in [5.74, 6) is 0.799. The van der Waals surface area contributed by atoms with E-state index in [-0.39, 0.29) is 6.04 Å². The molecule has 0 saturated carbocycles. The monoisotopic (exact) mass is 373 g/mol. The van der Waals surface area contributed by atoms with Gasteiger partial charge in [-0.2, -0.15) is 0 Å². The van der Waals surface area contributed by atoms with Crippen LogP contribution in [0.4, 0.5) is 0 Å². The van der Waals surface area contributed by atoms with Gasteiger partial charge in [-0.25, -0.2) is 0 Å². The standard InChI is InChI=1S/C15H14BrCl2NO/c1-2-20-9-6-7-10(12(16)8-9)15(19)11-4-3-5-13(17)14(11)18/h3-8,15H,2,19H2,1H3. The quantitative estimate of drug-likeness (QED) is 0.797. The molecule has 0 spiro atoms. The highest BCUT2D eigenvalue weighted by Crippen LogP contribution is 2.35. The van der Waals surface area contributed by atoms with E-state index < -0.39 is 0 Å². The van der Waals surface area contributed by atoms with Crippen LogP contribution in [0.25, 0.3) is 0 Å². The summed E-state index contributed by atoms with van der Waals surface area (Å²) < 4.78 is 6.33. The van der Waals surface area contributed by atoms with E-state index in [1.807, 2.05) is 37.3 Å². The minimum atomic E-state index is -0.355. The molecule has 106 valence electrons. The summed E-state index contributed by atoms with van der Waals surface area (Å²) in [4.78, 5) is 0. The van der Waals surface area contributed by atoms with Crippen LogP contribution in [0.2, 0.25) is 10.0 Å². The Morgan fingerprint density at radius 2 is 1.95 bits per heavy atom. The molecular weight excluding hydrogens is 361 g/mol. The normalized spacial score (nSPS) is 12.2. The molecule has 2 N–H and O–H groups in total. The second-order valence-electron chi connectivity index (χ2n) is 4.24. The zero-order valence-electron chi connectivity index (χ0n) is 10.9. The van der Waals surface area contributed by atoms with Crippen molar-refractivity contribution in [2.45, 2.75) is 13.0 Å². The lowest BCUT2D eigenvalue weighted by Crippen LogP contribution is -2.13. The molecule has 0 aliphatic rings. The molecular formula is C15H14BrCl2NO. The Balaban J connectivity index is 2.38. The van der Waals surface area contributed by atoms with Crippen molar-refractivity contribution in [2.24, 2.45) is 5.73 Å². The fourth-order valence-electron chi connectivity index (χ4n) is 1.94. The molecule has 2 rings (SSSR count). The van der Waals surface area contributed by atoms with Gasteiger partial charge in [0.1, 0.15) is 5.75 Å². The largest absolute Gasteiger partial charge is 0.494 e. The second kappa shape index (κ2) is 6.81. The zero-order valence-corrected chi connectivity index (χ0v) is 14.0. The summed E-state index contributed by atoms with van der Waals surface area (Å²) in [5.41, 5.74) is 8.02. The Bertz CT molecular complexity index is 619. The first kappa shape index (κ1) is 15.6. The van der Waals surface area contributed by atoms with Crippen molar-refractivity contribution in [3.05, 3.63) is 62.0 Å². The summed E-state index contributed by atoms with van der Waals surface area (Å²) >= 11 is 15.8. The van der Waals surface area contributed by atoms with Crippen molar-refractivity contribution in [2.75, 3.05) is 6.61 Å². The highest BCUT2D eigenvalue weighted by molar-refractivity contribution is 9.10. The molecule has 0 aliphatic heterocycles. The van der Waals surface area contributed by atoms with Gasteiger partial charge in [-0.3, -0.25) is 0 Å². The van der Waals surface area contributed by atoms with Crippen LogP contribution < -0.4 is 10.5 Å². The fourth-order valence-corrected chi connectivity index (χ4v) is 2.97. The lowest BCUT2D eigenvalue weighted by Gasteiger charge is -2.17. The molecule has 1 atom stereocenters.